The van der Waals surface area contributed by atoms with E-state index in [2.05, 4.69) is 0 Å². The molecule has 0 radical (unpaired) electrons. The summed E-state index contributed by atoms with van der Waals surface area (Å²) in [5.74, 6) is -0.292. The van der Waals surface area contributed by atoms with E-state index >= 15 is 0 Å². The molecule has 2 N–H and O–H groups in total. The SMILES string of the molecule is CCOCCC(N)Cc1c(F)cccc1Cl. The first kappa shape index (κ1) is 13.4. The van der Waals surface area contributed by atoms with Crippen LogP contribution in [0.4, 0.5) is 4.39 Å². The number of nitrogens with two attached hydrogens (primary N) is 1. The molecule has 0 aliphatic heterocycles. The maximum absolute atomic E-state index is 13.4. The van der Waals surface area contributed by atoms with E-state index in [0.29, 0.717) is 36.6 Å². The molecule has 1 atom stereocenters. The molecule has 4 heteroatoms. The highest BCUT2D eigenvalue weighted by Gasteiger charge is 2.11. The summed E-state index contributed by atoms with van der Waals surface area (Å²) in [5.41, 5.74) is 6.37. The van der Waals surface area contributed by atoms with Gasteiger partial charge in [0.05, 0.1) is 0 Å². The molecule has 90 valence electrons. The van der Waals surface area contributed by atoms with Crippen molar-refractivity contribution in [2.24, 2.45) is 5.73 Å². The predicted molar refractivity (Wildman–Crippen MR) is 64.2 cm³/mol. The van der Waals surface area contributed by atoms with Crippen LogP contribution in [0.3, 0.4) is 0 Å². The normalized spacial score (nSPS) is 12.8. The fraction of sp³-hybridized carbons (Fsp3) is 0.500. The molecule has 0 aliphatic carbocycles. The Morgan fingerprint density at radius 1 is 1.50 bits per heavy atom. The van der Waals surface area contributed by atoms with Crippen molar-refractivity contribution in [3.8, 4) is 0 Å². The van der Waals surface area contributed by atoms with E-state index < -0.39 is 0 Å². The standard InChI is InChI=1S/C12H17ClFNO/c1-2-16-7-6-9(15)8-10-11(13)4-3-5-12(10)14/h3-5,9H,2,6-8,15H2,1H3. The lowest BCUT2D eigenvalue weighted by Crippen LogP contribution is -2.25. The van der Waals surface area contributed by atoms with Gasteiger partial charge < -0.3 is 10.5 Å². The lowest BCUT2D eigenvalue weighted by atomic mass is 10.0. The Morgan fingerprint density at radius 3 is 2.88 bits per heavy atom. The highest BCUT2D eigenvalue weighted by Crippen LogP contribution is 2.20. The van der Waals surface area contributed by atoms with Gasteiger partial charge in [-0.3, -0.25) is 0 Å². The second-order valence-electron chi connectivity index (χ2n) is 3.65. The van der Waals surface area contributed by atoms with Crippen LogP contribution in [0.1, 0.15) is 18.9 Å². The van der Waals surface area contributed by atoms with Crippen LogP contribution in [0.2, 0.25) is 5.02 Å². The number of ether oxygens (including phenoxy) is 1. The molecule has 0 aromatic heterocycles. The minimum atomic E-state index is -0.292. The lowest BCUT2D eigenvalue weighted by Gasteiger charge is -2.13. The van der Waals surface area contributed by atoms with Crippen LogP contribution in [0, 0.1) is 5.82 Å². The van der Waals surface area contributed by atoms with Crippen LogP contribution >= 0.6 is 11.6 Å². The third-order valence-corrected chi connectivity index (χ3v) is 2.72. The first-order valence-corrected chi connectivity index (χ1v) is 5.79. The third-order valence-electron chi connectivity index (χ3n) is 2.37. The summed E-state index contributed by atoms with van der Waals surface area (Å²) >= 11 is 5.91. The minimum Gasteiger partial charge on any atom is -0.382 e. The van der Waals surface area contributed by atoms with Crippen molar-refractivity contribution in [2.75, 3.05) is 13.2 Å². The van der Waals surface area contributed by atoms with Crippen molar-refractivity contribution in [1.29, 1.82) is 0 Å². The zero-order valence-corrected chi connectivity index (χ0v) is 10.1. The van der Waals surface area contributed by atoms with Gasteiger partial charge in [-0.25, -0.2) is 4.39 Å². The van der Waals surface area contributed by atoms with Gasteiger partial charge in [0.1, 0.15) is 5.82 Å². The average molecular weight is 246 g/mol. The summed E-state index contributed by atoms with van der Waals surface area (Å²) < 4.78 is 18.6. The molecule has 0 amide bonds. The van der Waals surface area contributed by atoms with Gasteiger partial charge >= 0.3 is 0 Å². The van der Waals surface area contributed by atoms with Gasteiger partial charge in [-0.15, -0.1) is 0 Å². The van der Waals surface area contributed by atoms with E-state index in [9.17, 15) is 4.39 Å². The largest absolute Gasteiger partial charge is 0.382 e. The average Bonchev–Trinajstić information content (AvgIpc) is 2.24. The van der Waals surface area contributed by atoms with Gasteiger partial charge in [-0.05, 0) is 31.9 Å². The highest BCUT2D eigenvalue weighted by molar-refractivity contribution is 6.31. The molecular formula is C12H17ClFNO. The van der Waals surface area contributed by atoms with Crippen molar-refractivity contribution >= 4 is 11.6 Å². The summed E-state index contributed by atoms with van der Waals surface area (Å²) in [6, 6.07) is 4.54. The van der Waals surface area contributed by atoms with Gasteiger partial charge in [0, 0.05) is 29.8 Å². The topological polar surface area (TPSA) is 35.2 Å². The highest BCUT2D eigenvalue weighted by atomic mass is 35.5. The fourth-order valence-corrected chi connectivity index (χ4v) is 1.71. The Hall–Kier alpha value is -0.640. The molecule has 1 rings (SSSR count). The van der Waals surface area contributed by atoms with Crippen LogP contribution in [-0.2, 0) is 11.2 Å². The molecule has 1 aromatic rings. The van der Waals surface area contributed by atoms with Crippen molar-refractivity contribution in [3.63, 3.8) is 0 Å². The monoisotopic (exact) mass is 245 g/mol. The molecule has 0 saturated heterocycles. The summed E-state index contributed by atoms with van der Waals surface area (Å²) in [4.78, 5) is 0. The van der Waals surface area contributed by atoms with E-state index in [4.69, 9.17) is 22.1 Å². The Kier molecular flexibility index (Phi) is 5.74. The molecule has 0 saturated carbocycles. The van der Waals surface area contributed by atoms with Gasteiger partial charge in [0.25, 0.3) is 0 Å². The summed E-state index contributed by atoms with van der Waals surface area (Å²) in [5, 5.41) is 0.437. The van der Waals surface area contributed by atoms with Crippen LogP contribution in [-0.4, -0.2) is 19.3 Å². The van der Waals surface area contributed by atoms with Gasteiger partial charge in [-0.2, -0.15) is 0 Å². The first-order chi connectivity index (χ1) is 7.65. The number of hydrogen-bond donors (Lipinski definition) is 1. The quantitative estimate of drug-likeness (QED) is 0.783. The molecule has 1 aromatic carbocycles. The van der Waals surface area contributed by atoms with Gasteiger partial charge in [0.2, 0.25) is 0 Å². The van der Waals surface area contributed by atoms with E-state index in [1.54, 1.807) is 12.1 Å². The van der Waals surface area contributed by atoms with Gasteiger partial charge in [0.15, 0.2) is 0 Å². The summed E-state index contributed by atoms with van der Waals surface area (Å²) in [6.45, 7) is 3.20. The molecule has 0 fully saturated rings. The Labute approximate surface area is 101 Å². The number of benzene rings is 1. The first-order valence-electron chi connectivity index (χ1n) is 5.41. The van der Waals surface area contributed by atoms with Crippen molar-refractivity contribution in [1.82, 2.24) is 0 Å². The molecule has 0 aliphatic rings. The molecule has 0 spiro atoms. The Morgan fingerprint density at radius 2 is 2.25 bits per heavy atom. The zero-order valence-electron chi connectivity index (χ0n) is 9.38. The maximum atomic E-state index is 13.4. The lowest BCUT2D eigenvalue weighted by molar-refractivity contribution is 0.140. The third kappa shape index (κ3) is 4.08. The van der Waals surface area contributed by atoms with E-state index in [0.717, 1.165) is 0 Å². The summed E-state index contributed by atoms with van der Waals surface area (Å²) in [6.07, 6.45) is 1.15. The number of rotatable bonds is 6. The molecule has 0 heterocycles. The van der Waals surface area contributed by atoms with Crippen LogP contribution in [0.5, 0.6) is 0 Å². The molecule has 1 unspecified atom stereocenters. The smallest absolute Gasteiger partial charge is 0.127 e. The van der Waals surface area contributed by atoms with Crippen molar-refractivity contribution in [3.05, 3.63) is 34.6 Å². The predicted octanol–water partition coefficient (Wildman–Crippen LogP) is 2.78. The minimum absolute atomic E-state index is 0.124. The van der Waals surface area contributed by atoms with E-state index in [1.807, 2.05) is 6.92 Å². The Bertz CT molecular complexity index is 313. The molecule has 2 nitrogen and oxygen atoms in total. The summed E-state index contributed by atoms with van der Waals surface area (Å²) in [7, 11) is 0. The molecule has 0 bridgehead atoms. The van der Waals surface area contributed by atoms with Gasteiger partial charge in [-0.1, -0.05) is 17.7 Å². The fourth-order valence-electron chi connectivity index (χ4n) is 1.47. The van der Waals surface area contributed by atoms with Crippen molar-refractivity contribution < 1.29 is 9.13 Å². The Balaban J connectivity index is 2.52. The van der Waals surface area contributed by atoms with Crippen LogP contribution in [0.15, 0.2) is 18.2 Å². The number of hydrogen-bond acceptors (Lipinski definition) is 2. The second kappa shape index (κ2) is 6.84. The van der Waals surface area contributed by atoms with E-state index in [1.165, 1.54) is 6.07 Å². The van der Waals surface area contributed by atoms with Crippen LogP contribution in [0.25, 0.3) is 0 Å². The second-order valence-corrected chi connectivity index (χ2v) is 4.06. The molecule has 16 heavy (non-hydrogen) atoms. The van der Waals surface area contributed by atoms with Crippen LogP contribution < -0.4 is 5.73 Å². The number of halogens is 2. The maximum Gasteiger partial charge on any atom is 0.127 e. The zero-order chi connectivity index (χ0) is 12.0. The van der Waals surface area contributed by atoms with E-state index in [-0.39, 0.29) is 11.9 Å². The molecular weight excluding hydrogens is 229 g/mol. The van der Waals surface area contributed by atoms with Crippen molar-refractivity contribution in [2.45, 2.75) is 25.8 Å².